The van der Waals surface area contributed by atoms with E-state index in [0.29, 0.717) is 0 Å². The standard InChI is InChI=1S/2Be.Cu.H2O.3H/h;;;1H2;;;/q;+1;;;;;/p-1. The van der Waals surface area contributed by atoms with Gasteiger partial charge in [-0.2, -0.15) is 0 Å². The maximum atomic E-state index is 0. The second kappa shape index (κ2) is 45.4. The fraction of sp³-hybridized carbons (Fsp3) is 0. The molecule has 0 rings (SSSR count). The van der Waals surface area contributed by atoms with Crippen LogP contribution in [0.15, 0.2) is 0 Å². The molecule has 0 heterocycles. The molecule has 0 bridgehead atoms. The predicted octanol–water partition coefficient (Wildman–Crippen LogP) is -1.74. The third kappa shape index (κ3) is 13.9. The van der Waals surface area contributed by atoms with E-state index in [1.165, 1.54) is 0 Å². The van der Waals surface area contributed by atoms with Crippen molar-refractivity contribution in [2.45, 2.75) is 0 Å². The van der Waals surface area contributed by atoms with Crippen LogP contribution in [0.1, 0.15) is 0 Å². The molecule has 0 spiro atoms. The van der Waals surface area contributed by atoms with Gasteiger partial charge in [-0.3, -0.25) is 0 Å². The fourth-order valence-electron chi connectivity index (χ4n) is 0. The second-order valence-electron chi connectivity index (χ2n) is 0. The molecule has 0 atom stereocenters. The molecule has 0 aliphatic carbocycles. The van der Waals surface area contributed by atoms with Crippen LogP contribution in [0.3, 0.4) is 0 Å². The number of rotatable bonds is 0. The molecule has 0 saturated carbocycles. The Morgan fingerprint density at radius 2 is 1.00 bits per heavy atom. The first-order chi connectivity index (χ1) is 0. The SMILES string of the molecule is [BeH+].[BeH2].[Cu].[OH-]. The van der Waals surface area contributed by atoms with Crippen LogP contribution in [0.2, 0.25) is 0 Å². The topological polar surface area (TPSA) is 30.0 Å². The van der Waals surface area contributed by atoms with Crippen LogP contribution >= 0.6 is 0 Å². The van der Waals surface area contributed by atoms with Crippen molar-refractivity contribution in [1.29, 1.82) is 0 Å². The van der Waals surface area contributed by atoms with Gasteiger partial charge in [0.15, 0.2) is 0 Å². The summed E-state index contributed by atoms with van der Waals surface area (Å²) < 4.78 is 0. The van der Waals surface area contributed by atoms with Gasteiger partial charge in [0.25, 0.3) is 0 Å². The van der Waals surface area contributed by atoms with Crippen LogP contribution in [-0.2, 0) is 17.1 Å². The largest absolute Gasteiger partial charge is 0.870 e. The van der Waals surface area contributed by atoms with Crippen molar-refractivity contribution in [2.24, 2.45) is 0 Å². The zero-order valence-corrected chi connectivity index (χ0v) is 2.69. The Kier molecular flexibility index (Phi) is 1190. The average molecular weight is 102 g/mol. The quantitative estimate of drug-likeness (QED) is 0.333. The van der Waals surface area contributed by atoms with Crippen molar-refractivity contribution in [2.75, 3.05) is 0 Å². The molecule has 4 heavy (non-hydrogen) atoms. The van der Waals surface area contributed by atoms with Crippen LogP contribution in [0.4, 0.5) is 0 Å². The van der Waals surface area contributed by atoms with E-state index in [0.717, 1.165) is 0 Å². The molecule has 0 aromatic heterocycles. The van der Waals surface area contributed by atoms with Gasteiger partial charge in [0.1, 0.15) is 0 Å². The Balaban J connectivity index is 0. The van der Waals surface area contributed by atoms with Gasteiger partial charge >= 0.3 is 20.2 Å². The molecule has 0 aliphatic heterocycles. The summed E-state index contributed by atoms with van der Waals surface area (Å²) in [5, 5.41) is 0. The van der Waals surface area contributed by atoms with Gasteiger partial charge in [0, 0.05) is 17.1 Å². The third-order valence-electron chi connectivity index (χ3n) is 0. The Bertz CT molecular complexity index is 6.00. The molecule has 4 heteroatoms. The summed E-state index contributed by atoms with van der Waals surface area (Å²) >= 11 is 0. The van der Waals surface area contributed by atoms with Crippen LogP contribution in [0, 0.1) is 0 Å². The molecule has 0 aliphatic rings. The van der Waals surface area contributed by atoms with E-state index in [-0.39, 0.29) is 42.8 Å². The van der Waals surface area contributed by atoms with Gasteiger partial charge in [-0.15, -0.1) is 0 Å². The number of hydrogen-bond acceptors (Lipinski definition) is 1. The second-order valence-corrected chi connectivity index (χ2v) is 0. The summed E-state index contributed by atoms with van der Waals surface area (Å²) in [6.07, 6.45) is 0. The minimum Gasteiger partial charge on any atom is -0.870 e. The Morgan fingerprint density at radius 1 is 1.00 bits per heavy atom. The smallest absolute Gasteiger partial charge is 0 e. The molecule has 0 saturated heterocycles. The van der Waals surface area contributed by atoms with E-state index < -0.39 is 0 Å². The third-order valence-corrected chi connectivity index (χ3v) is 0. The Labute approximate surface area is 43.4 Å². The first-order valence-electron chi connectivity index (χ1n) is 0. The van der Waals surface area contributed by atoms with Gasteiger partial charge in [0.2, 0.25) is 0 Å². The fourth-order valence-corrected chi connectivity index (χ4v) is 0. The van der Waals surface area contributed by atoms with Gasteiger partial charge < -0.3 is 5.48 Å². The number of hydrogen-bond donors (Lipinski definition) is 0. The van der Waals surface area contributed by atoms with E-state index >= 15 is 0 Å². The van der Waals surface area contributed by atoms with E-state index in [9.17, 15) is 0 Å². The minimum atomic E-state index is 0. The molecule has 25 valence electrons. The molecular formula is H4Be2CuO. The first-order valence-corrected chi connectivity index (χ1v) is 0. The summed E-state index contributed by atoms with van der Waals surface area (Å²) in [6.45, 7) is 0. The summed E-state index contributed by atoms with van der Waals surface area (Å²) in [6, 6.07) is 0. The summed E-state index contributed by atoms with van der Waals surface area (Å²) in [5.41, 5.74) is 0. The summed E-state index contributed by atoms with van der Waals surface area (Å²) in [4.78, 5) is 0. The Hall–Kier alpha value is 0.817. The molecular weight excluding hydrogens is 97.6 g/mol. The molecule has 0 aromatic rings. The first kappa shape index (κ1) is 105. The molecule has 1 radical (unpaired) electrons. The molecule has 1 nitrogen and oxygen atoms in total. The Morgan fingerprint density at radius 3 is 1.00 bits per heavy atom. The van der Waals surface area contributed by atoms with Crippen LogP contribution in [0.5, 0.6) is 0 Å². The average Bonchev–Trinajstić information content (AvgIpc) is 0. The van der Waals surface area contributed by atoms with Gasteiger partial charge in [-0.1, -0.05) is 0 Å². The maximum Gasteiger partial charge on any atom is 0 e. The molecule has 0 fully saturated rings. The van der Waals surface area contributed by atoms with Crippen LogP contribution in [-0.4, -0.2) is 25.7 Å². The normalized spacial score (nSPS) is 0. The minimum absolute atomic E-state index is 0. The predicted molar refractivity (Wildman–Crippen MR) is 17.6 cm³/mol. The molecule has 0 unspecified atom stereocenters. The zero-order chi connectivity index (χ0) is 0. The van der Waals surface area contributed by atoms with Crippen molar-refractivity contribution in [3.63, 3.8) is 0 Å². The van der Waals surface area contributed by atoms with Gasteiger partial charge in [-0.25, -0.2) is 0 Å². The van der Waals surface area contributed by atoms with E-state index in [2.05, 4.69) is 0 Å². The van der Waals surface area contributed by atoms with Crippen molar-refractivity contribution >= 4 is 20.2 Å². The van der Waals surface area contributed by atoms with Gasteiger partial charge in [-0.05, 0) is 0 Å². The molecule has 0 amide bonds. The van der Waals surface area contributed by atoms with Crippen LogP contribution < -0.4 is 0 Å². The van der Waals surface area contributed by atoms with Crippen molar-refractivity contribution in [1.82, 2.24) is 0 Å². The maximum absolute atomic E-state index is 0. The van der Waals surface area contributed by atoms with Crippen molar-refractivity contribution in [3.8, 4) is 0 Å². The zero-order valence-electron chi connectivity index (χ0n) is 1.75. The van der Waals surface area contributed by atoms with Crippen molar-refractivity contribution in [3.05, 3.63) is 0 Å². The van der Waals surface area contributed by atoms with E-state index in [1.54, 1.807) is 0 Å². The van der Waals surface area contributed by atoms with Crippen LogP contribution in [0.25, 0.3) is 0 Å². The monoisotopic (exact) mass is 101 g/mol. The van der Waals surface area contributed by atoms with E-state index in [1.807, 2.05) is 0 Å². The summed E-state index contributed by atoms with van der Waals surface area (Å²) in [7, 11) is 0. The molecule has 1 N–H and O–H groups in total. The van der Waals surface area contributed by atoms with Gasteiger partial charge in [0.05, 0.1) is 0 Å². The van der Waals surface area contributed by atoms with Crippen molar-refractivity contribution < 1.29 is 22.5 Å². The van der Waals surface area contributed by atoms with E-state index in [4.69, 9.17) is 0 Å². The molecule has 0 aromatic carbocycles. The summed E-state index contributed by atoms with van der Waals surface area (Å²) in [5.74, 6) is 0.